The maximum atomic E-state index is 11.6. The van der Waals surface area contributed by atoms with E-state index in [1.165, 1.54) is 7.11 Å². The smallest absolute Gasteiger partial charge is 0.328 e. The van der Waals surface area contributed by atoms with Gasteiger partial charge in [0, 0.05) is 23.9 Å². The molecule has 0 saturated carbocycles. The molecule has 1 aromatic rings. The summed E-state index contributed by atoms with van der Waals surface area (Å²) < 4.78 is 6.70. The van der Waals surface area contributed by atoms with E-state index in [0.717, 1.165) is 25.2 Å². The zero-order valence-corrected chi connectivity index (χ0v) is 10.6. The molecule has 1 N–H and O–H groups in total. The molecule has 0 bridgehead atoms. The Morgan fingerprint density at radius 2 is 2.47 bits per heavy atom. The van der Waals surface area contributed by atoms with Crippen LogP contribution >= 0.6 is 0 Å². The van der Waals surface area contributed by atoms with Crippen molar-refractivity contribution in [3.63, 3.8) is 0 Å². The van der Waals surface area contributed by atoms with E-state index >= 15 is 0 Å². The molecule has 2 heterocycles. The Kier molecular flexibility index (Phi) is 3.19. The predicted octanol–water partition coefficient (Wildman–Crippen LogP) is 0.868. The molecule has 0 aromatic carbocycles. The Labute approximate surface area is 101 Å². The Balaban J connectivity index is 2.31. The summed E-state index contributed by atoms with van der Waals surface area (Å²) in [6, 6.07) is -0.324. The Hall–Kier alpha value is -1.36. The molecular weight excluding hydrogens is 218 g/mol. The highest BCUT2D eigenvalue weighted by Gasteiger charge is 2.35. The number of esters is 1. The van der Waals surface area contributed by atoms with E-state index in [1.807, 2.05) is 17.7 Å². The fourth-order valence-electron chi connectivity index (χ4n) is 2.40. The first-order valence-corrected chi connectivity index (χ1v) is 5.89. The SMILES string of the molecule is COC(=O)C(C)n1cncc1C1(C)CCNC1. The minimum absolute atomic E-state index is 0.0543. The summed E-state index contributed by atoms with van der Waals surface area (Å²) in [5.41, 5.74) is 1.15. The van der Waals surface area contributed by atoms with Crippen molar-refractivity contribution in [3.05, 3.63) is 18.2 Å². The molecule has 17 heavy (non-hydrogen) atoms. The lowest BCUT2D eigenvalue weighted by Crippen LogP contribution is -2.30. The van der Waals surface area contributed by atoms with Gasteiger partial charge >= 0.3 is 5.97 Å². The second kappa shape index (κ2) is 4.49. The van der Waals surface area contributed by atoms with E-state index in [0.29, 0.717) is 0 Å². The van der Waals surface area contributed by atoms with Crippen molar-refractivity contribution in [2.75, 3.05) is 20.2 Å². The highest BCUT2D eigenvalue weighted by Crippen LogP contribution is 2.31. The summed E-state index contributed by atoms with van der Waals surface area (Å²) >= 11 is 0. The van der Waals surface area contributed by atoms with Gasteiger partial charge in [-0.1, -0.05) is 6.92 Å². The van der Waals surface area contributed by atoms with Gasteiger partial charge in [0.2, 0.25) is 0 Å². The number of nitrogens with zero attached hydrogens (tertiary/aromatic N) is 2. The molecule has 2 rings (SSSR count). The van der Waals surface area contributed by atoms with E-state index < -0.39 is 0 Å². The lowest BCUT2D eigenvalue weighted by Gasteiger charge is -2.26. The molecule has 5 heteroatoms. The van der Waals surface area contributed by atoms with Crippen molar-refractivity contribution in [2.45, 2.75) is 31.7 Å². The van der Waals surface area contributed by atoms with Crippen LogP contribution in [0.4, 0.5) is 0 Å². The summed E-state index contributed by atoms with van der Waals surface area (Å²) in [5.74, 6) is -0.237. The van der Waals surface area contributed by atoms with E-state index in [9.17, 15) is 4.79 Å². The van der Waals surface area contributed by atoms with Gasteiger partial charge in [0.15, 0.2) is 0 Å². The average molecular weight is 237 g/mol. The molecule has 1 saturated heterocycles. The number of methoxy groups -OCH3 is 1. The second-order valence-corrected chi connectivity index (χ2v) is 4.87. The fourth-order valence-corrected chi connectivity index (χ4v) is 2.40. The number of carbonyl (C=O) groups excluding carboxylic acids is 1. The molecule has 2 unspecified atom stereocenters. The minimum Gasteiger partial charge on any atom is -0.467 e. The van der Waals surface area contributed by atoms with E-state index in [1.54, 1.807) is 6.33 Å². The number of aromatic nitrogens is 2. The zero-order valence-electron chi connectivity index (χ0n) is 10.6. The van der Waals surface area contributed by atoms with Crippen LogP contribution in [-0.4, -0.2) is 35.7 Å². The van der Waals surface area contributed by atoms with Gasteiger partial charge in [-0.2, -0.15) is 0 Å². The van der Waals surface area contributed by atoms with Crippen LogP contribution in [0, 0.1) is 0 Å². The van der Waals surface area contributed by atoms with E-state index in [-0.39, 0.29) is 17.4 Å². The van der Waals surface area contributed by atoms with Crippen LogP contribution in [0.2, 0.25) is 0 Å². The monoisotopic (exact) mass is 237 g/mol. The highest BCUT2D eigenvalue weighted by molar-refractivity contribution is 5.73. The Bertz CT molecular complexity index is 408. The predicted molar refractivity (Wildman–Crippen MR) is 63.8 cm³/mol. The maximum absolute atomic E-state index is 11.6. The van der Waals surface area contributed by atoms with Crippen LogP contribution in [0.3, 0.4) is 0 Å². The molecular formula is C12H19N3O2. The van der Waals surface area contributed by atoms with Gasteiger partial charge in [0.25, 0.3) is 0 Å². The summed E-state index contributed by atoms with van der Waals surface area (Å²) in [5, 5.41) is 3.35. The van der Waals surface area contributed by atoms with Gasteiger partial charge in [0.1, 0.15) is 6.04 Å². The third-order valence-electron chi connectivity index (χ3n) is 3.61. The van der Waals surface area contributed by atoms with E-state index in [2.05, 4.69) is 17.2 Å². The molecule has 0 amide bonds. The van der Waals surface area contributed by atoms with Crippen LogP contribution in [0.5, 0.6) is 0 Å². The van der Waals surface area contributed by atoms with Crippen molar-refractivity contribution >= 4 is 5.97 Å². The number of imidazole rings is 1. The second-order valence-electron chi connectivity index (χ2n) is 4.87. The van der Waals surface area contributed by atoms with Crippen molar-refractivity contribution in [1.29, 1.82) is 0 Å². The molecule has 0 aliphatic carbocycles. The number of hydrogen-bond donors (Lipinski definition) is 1. The average Bonchev–Trinajstić information content (AvgIpc) is 2.96. The van der Waals surface area contributed by atoms with Gasteiger partial charge in [-0.05, 0) is 19.9 Å². The largest absolute Gasteiger partial charge is 0.467 e. The maximum Gasteiger partial charge on any atom is 0.328 e. The lowest BCUT2D eigenvalue weighted by molar-refractivity contribution is -0.144. The molecule has 0 radical (unpaired) electrons. The normalized spacial score (nSPS) is 25.8. The number of hydrogen-bond acceptors (Lipinski definition) is 4. The van der Waals surface area contributed by atoms with Crippen LogP contribution < -0.4 is 5.32 Å². The quantitative estimate of drug-likeness (QED) is 0.792. The topological polar surface area (TPSA) is 56.2 Å². The summed E-state index contributed by atoms with van der Waals surface area (Å²) in [6.07, 6.45) is 4.62. The molecule has 1 aliphatic heterocycles. The number of ether oxygens (including phenoxy) is 1. The number of rotatable bonds is 3. The van der Waals surface area contributed by atoms with Gasteiger partial charge in [-0.25, -0.2) is 9.78 Å². The van der Waals surface area contributed by atoms with E-state index in [4.69, 9.17) is 4.74 Å². The lowest BCUT2D eigenvalue weighted by atomic mass is 9.86. The highest BCUT2D eigenvalue weighted by atomic mass is 16.5. The first-order valence-electron chi connectivity index (χ1n) is 5.89. The van der Waals surface area contributed by atoms with Crippen molar-refractivity contribution in [2.24, 2.45) is 0 Å². The first-order chi connectivity index (χ1) is 8.08. The Morgan fingerprint density at radius 3 is 3.06 bits per heavy atom. The number of carbonyl (C=O) groups is 1. The van der Waals surface area contributed by atoms with Crippen LogP contribution in [0.15, 0.2) is 12.5 Å². The van der Waals surface area contributed by atoms with Crippen LogP contribution in [-0.2, 0) is 14.9 Å². The third kappa shape index (κ3) is 2.07. The molecule has 1 aromatic heterocycles. The van der Waals surface area contributed by atoms with Crippen molar-refractivity contribution in [1.82, 2.24) is 14.9 Å². The zero-order chi connectivity index (χ0) is 12.5. The van der Waals surface area contributed by atoms with Gasteiger partial charge in [0.05, 0.1) is 13.4 Å². The molecule has 1 fully saturated rings. The Morgan fingerprint density at radius 1 is 1.71 bits per heavy atom. The molecule has 2 atom stereocenters. The summed E-state index contributed by atoms with van der Waals surface area (Å²) in [6.45, 7) is 5.97. The number of nitrogens with one attached hydrogen (secondary N) is 1. The third-order valence-corrected chi connectivity index (χ3v) is 3.61. The molecule has 1 aliphatic rings. The molecule has 0 spiro atoms. The minimum atomic E-state index is -0.324. The van der Waals surface area contributed by atoms with Crippen molar-refractivity contribution < 1.29 is 9.53 Å². The first kappa shape index (κ1) is 12.1. The summed E-state index contributed by atoms with van der Waals surface area (Å²) in [4.78, 5) is 15.8. The fraction of sp³-hybridized carbons (Fsp3) is 0.667. The molecule has 94 valence electrons. The summed E-state index contributed by atoms with van der Waals surface area (Å²) in [7, 11) is 1.41. The molecule has 5 nitrogen and oxygen atoms in total. The van der Waals surface area contributed by atoms with Gasteiger partial charge in [-0.15, -0.1) is 0 Å². The van der Waals surface area contributed by atoms with Gasteiger partial charge < -0.3 is 14.6 Å². The van der Waals surface area contributed by atoms with Crippen molar-refractivity contribution in [3.8, 4) is 0 Å². The standard InChI is InChI=1S/C12H19N3O2/c1-9(11(16)17-3)15-8-14-6-10(15)12(2)4-5-13-7-12/h6,8-9,13H,4-5,7H2,1-3H3. The van der Waals surface area contributed by atoms with Crippen LogP contribution in [0.25, 0.3) is 0 Å². The van der Waals surface area contributed by atoms with Crippen LogP contribution in [0.1, 0.15) is 32.0 Å². The van der Waals surface area contributed by atoms with Gasteiger partial charge in [-0.3, -0.25) is 0 Å².